The van der Waals surface area contributed by atoms with Crippen LogP contribution in [0.4, 0.5) is 0 Å². The van der Waals surface area contributed by atoms with E-state index in [0.29, 0.717) is 5.56 Å². The molecule has 0 bridgehead atoms. The maximum atomic E-state index is 13.5. The molecule has 0 N–H and O–H groups in total. The second-order valence-electron chi connectivity index (χ2n) is 7.40. The molecule has 2 aromatic heterocycles. The van der Waals surface area contributed by atoms with Crippen molar-refractivity contribution >= 4 is 16.9 Å². The smallest absolute Gasteiger partial charge is 0.254 e. The zero-order valence-electron chi connectivity index (χ0n) is 16.7. The van der Waals surface area contributed by atoms with Crippen molar-refractivity contribution in [2.24, 2.45) is 7.05 Å². The van der Waals surface area contributed by atoms with Gasteiger partial charge in [0.2, 0.25) is 0 Å². The monoisotopic (exact) mass is 378 g/mol. The molecule has 4 rings (SSSR count). The Hall–Kier alpha value is -2.89. The molecule has 3 aromatic rings. The second kappa shape index (κ2) is 7.62. The maximum absolute atomic E-state index is 13.5. The third-order valence-corrected chi connectivity index (χ3v) is 5.48. The van der Waals surface area contributed by atoms with Gasteiger partial charge in [0.15, 0.2) is 5.65 Å². The fourth-order valence-corrected chi connectivity index (χ4v) is 3.97. The number of ether oxygens (including phenoxy) is 1. The van der Waals surface area contributed by atoms with E-state index in [1.807, 2.05) is 49.2 Å². The number of hydrogen-bond donors (Lipinski definition) is 0. The molecular formula is C22H26N4O2. The number of aryl methyl sites for hydroxylation is 2. The molecule has 1 amide bonds. The Morgan fingerprint density at radius 1 is 1.07 bits per heavy atom. The van der Waals surface area contributed by atoms with Crippen molar-refractivity contribution in [1.29, 1.82) is 0 Å². The Labute approximate surface area is 165 Å². The summed E-state index contributed by atoms with van der Waals surface area (Å²) in [6.45, 7) is 3.58. The maximum Gasteiger partial charge on any atom is 0.254 e. The lowest BCUT2D eigenvalue weighted by Crippen LogP contribution is -2.32. The molecule has 6 nitrogen and oxygen atoms in total. The summed E-state index contributed by atoms with van der Waals surface area (Å²) >= 11 is 0. The van der Waals surface area contributed by atoms with Crippen LogP contribution in [0.5, 0.6) is 5.75 Å². The van der Waals surface area contributed by atoms with E-state index in [0.717, 1.165) is 59.7 Å². The number of nitrogens with zero attached hydrogens (tertiary/aromatic N) is 4. The summed E-state index contributed by atoms with van der Waals surface area (Å²) in [6.07, 6.45) is 4.52. The van der Waals surface area contributed by atoms with Crippen LogP contribution in [0.25, 0.3) is 22.3 Å². The van der Waals surface area contributed by atoms with E-state index in [1.54, 1.807) is 11.8 Å². The Bertz CT molecular complexity index is 1000. The molecule has 1 aromatic carbocycles. The lowest BCUT2D eigenvalue weighted by molar-refractivity contribution is 0.0763. The molecule has 0 atom stereocenters. The molecule has 3 heterocycles. The molecule has 1 aliphatic rings. The van der Waals surface area contributed by atoms with E-state index >= 15 is 0 Å². The molecule has 28 heavy (non-hydrogen) atoms. The Balaban J connectivity index is 1.84. The fourth-order valence-electron chi connectivity index (χ4n) is 3.97. The van der Waals surface area contributed by atoms with Crippen LogP contribution in [0, 0.1) is 6.92 Å². The predicted octanol–water partition coefficient (Wildman–Crippen LogP) is 3.97. The molecule has 0 aliphatic carbocycles. The van der Waals surface area contributed by atoms with Crippen LogP contribution in [0.1, 0.15) is 41.7 Å². The first-order chi connectivity index (χ1) is 13.6. The highest BCUT2D eigenvalue weighted by Gasteiger charge is 2.24. The predicted molar refractivity (Wildman–Crippen MR) is 110 cm³/mol. The molecule has 146 valence electrons. The van der Waals surface area contributed by atoms with Crippen molar-refractivity contribution in [2.75, 3.05) is 20.2 Å². The van der Waals surface area contributed by atoms with Gasteiger partial charge < -0.3 is 9.64 Å². The molecule has 0 radical (unpaired) electrons. The van der Waals surface area contributed by atoms with Crippen molar-refractivity contribution in [3.8, 4) is 17.0 Å². The first-order valence-electron chi connectivity index (χ1n) is 9.86. The number of carbonyl (C=O) groups excluding carboxylic acids is 1. The Morgan fingerprint density at radius 2 is 1.75 bits per heavy atom. The average molecular weight is 378 g/mol. The van der Waals surface area contributed by atoms with E-state index in [4.69, 9.17) is 9.72 Å². The van der Waals surface area contributed by atoms with Crippen molar-refractivity contribution in [3.05, 3.63) is 41.6 Å². The van der Waals surface area contributed by atoms with E-state index in [2.05, 4.69) is 5.10 Å². The van der Waals surface area contributed by atoms with E-state index < -0.39 is 0 Å². The van der Waals surface area contributed by atoms with Crippen molar-refractivity contribution in [3.63, 3.8) is 0 Å². The fraction of sp³-hybridized carbons (Fsp3) is 0.409. The number of methoxy groups -OCH3 is 1. The highest BCUT2D eigenvalue weighted by Crippen LogP contribution is 2.29. The Kier molecular flexibility index (Phi) is 5.03. The zero-order valence-corrected chi connectivity index (χ0v) is 16.7. The largest absolute Gasteiger partial charge is 0.497 e. The molecule has 6 heteroatoms. The number of carbonyl (C=O) groups is 1. The number of hydrogen-bond acceptors (Lipinski definition) is 4. The summed E-state index contributed by atoms with van der Waals surface area (Å²) in [5, 5.41) is 5.38. The van der Waals surface area contributed by atoms with Crippen molar-refractivity contribution < 1.29 is 9.53 Å². The summed E-state index contributed by atoms with van der Waals surface area (Å²) < 4.78 is 7.02. The summed E-state index contributed by atoms with van der Waals surface area (Å²) in [5.41, 5.74) is 4.00. The lowest BCUT2D eigenvalue weighted by Gasteiger charge is -2.21. The van der Waals surface area contributed by atoms with Gasteiger partial charge in [0.1, 0.15) is 5.75 Å². The SMILES string of the molecule is COc1ccc(-c2cc(C(=O)N3CCCCCC3)c3c(C)nn(C)c3n2)cc1. The van der Waals surface area contributed by atoms with Crippen LogP contribution in [0.2, 0.25) is 0 Å². The van der Waals surface area contributed by atoms with E-state index in [1.165, 1.54) is 12.8 Å². The Morgan fingerprint density at radius 3 is 2.39 bits per heavy atom. The first kappa shape index (κ1) is 18.5. The number of rotatable bonds is 3. The van der Waals surface area contributed by atoms with Crippen molar-refractivity contribution in [2.45, 2.75) is 32.6 Å². The number of pyridine rings is 1. The number of likely N-dealkylation sites (tertiary alicyclic amines) is 1. The van der Waals surface area contributed by atoms with Gasteiger partial charge >= 0.3 is 0 Å². The minimum atomic E-state index is 0.0835. The molecule has 1 fully saturated rings. The molecule has 0 saturated carbocycles. The molecule has 0 unspecified atom stereocenters. The summed E-state index contributed by atoms with van der Waals surface area (Å²) in [5.74, 6) is 0.877. The molecule has 0 spiro atoms. The quantitative estimate of drug-likeness (QED) is 0.692. The minimum absolute atomic E-state index is 0.0835. The summed E-state index contributed by atoms with van der Waals surface area (Å²) in [4.78, 5) is 20.3. The van der Waals surface area contributed by atoms with Gasteiger partial charge in [0.05, 0.1) is 29.4 Å². The standard InChI is InChI=1S/C22H26N4O2/c1-15-20-18(22(27)26-12-6-4-5-7-13-26)14-19(23-21(20)25(2)24-15)16-8-10-17(28-3)11-9-16/h8-11,14H,4-7,12-13H2,1-3H3. The lowest BCUT2D eigenvalue weighted by atomic mass is 10.0. The van der Waals surface area contributed by atoms with Gasteiger partial charge in [-0.05, 0) is 50.1 Å². The van der Waals surface area contributed by atoms with Crippen LogP contribution in [0.3, 0.4) is 0 Å². The van der Waals surface area contributed by atoms with Gasteiger partial charge in [-0.15, -0.1) is 0 Å². The van der Waals surface area contributed by atoms with Crippen LogP contribution >= 0.6 is 0 Å². The van der Waals surface area contributed by atoms with Gasteiger partial charge in [0, 0.05) is 25.7 Å². The number of aromatic nitrogens is 3. The number of fused-ring (bicyclic) bond motifs is 1. The highest BCUT2D eigenvalue weighted by molar-refractivity contribution is 6.07. The third kappa shape index (κ3) is 3.35. The summed E-state index contributed by atoms with van der Waals surface area (Å²) in [7, 11) is 3.52. The van der Waals surface area contributed by atoms with Crippen molar-refractivity contribution in [1.82, 2.24) is 19.7 Å². The zero-order chi connectivity index (χ0) is 19.7. The van der Waals surface area contributed by atoms with Crippen LogP contribution in [0.15, 0.2) is 30.3 Å². The van der Waals surface area contributed by atoms with Gasteiger partial charge in [0.25, 0.3) is 5.91 Å². The third-order valence-electron chi connectivity index (χ3n) is 5.48. The molecular weight excluding hydrogens is 352 g/mol. The molecule has 1 saturated heterocycles. The first-order valence-corrected chi connectivity index (χ1v) is 9.86. The number of benzene rings is 1. The summed E-state index contributed by atoms with van der Waals surface area (Å²) in [6, 6.07) is 9.68. The van der Waals surface area contributed by atoms with E-state index in [9.17, 15) is 4.79 Å². The van der Waals surface area contributed by atoms with Gasteiger partial charge in [-0.25, -0.2) is 4.98 Å². The average Bonchev–Trinajstić information content (AvgIpc) is 2.91. The normalized spacial score (nSPS) is 14.9. The minimum Gasteiger partial charge on any atom is -0.497 e. The molecule has 1 aliphatic heterocycles. The van der Waals surface area contributed by atoms with Gasteiger partial charge in [-0.3, -0.25) is 9.48 Å². The highest BCUT2D eigenvalue weighted by atomic mass is 16.5. The van der Waals surface area contributed by atoms with Crippen LogP contribution in [-0.2, 0) is 7.05 Å². The topological polar surface area (TPSA) is 60.2 Å². The van der Waals surface area contributed by atoms with Gasteiger partial charge in [-0.2, -0.15) is 5.10 Å². The van der Waals surface area contributed by atoms with Crippen LogP contribution in [-0.4, -0.2) is 45.8 Å². The van der Waals surface area contributed by atoms with Crippen LogP contribution < -0.4 is 4.74 Å². The van der Waals surface area contributed by atoms with E-state index in [-0.39, 0.29) is 5.91 Å². The second-order valence-corrected chi connectivity index (χ2v) is 7.40. The number of amides is 1. The van der Waals surface area contributed by atoms with Gasteiger partial charge in [-0.1, -0.05) is 12.8 Å².